The summed E-state index contributed by atoms with van der Waals surface area (Å²) in [7, 11) is 3.09. The third kappa shape index (κ3) is 3.81. The SMILES string of the molecule is COc1cccc([C@H]2O[C@H](CCN=[N+]=[N-])c3cccn3-c3c(F)cc(Cl)cc32)c1OC. The smallest absolute Gasteiger partial charge is 0.166 e. The van der Waals surface area contributed by atoms with Crippen LogP contribution >= 0.6 is 11.6 Å². The molecule has 2 heterocycles. The van der Waals surface area contributed by atoms with Crippen LogP contribution in [0.2, 0.25) is 5.02 Å². The number of nitrogens with zero attached hydrogens (tertiary/aromatic N) is 4. The van der Waals surface area contributed by atoms with Gasteiger partial charge < -0.3 is 18.8 Å². The van der Waals surface area contributed by atoms with Gasteiger partial charge in [0.1, 0.15) is 11.9 Å². The van der Waals surface area contributed by atoms with Gasteiger partial charge in [-0.25, -0.2) is 4.39 Å². The van der Waals surface area contributed by atoms with Crippen molar-refractivity contribution in [3.63, 3.8) is 0 Å². The van der Waals surface area contributed by atoms with Crippen molar-refractivity contribution < 1.29 is 18.6 Å². The summed E-state index contributed by atoms with van der Waals surface area (Å²) >= 11 is 6.24. The molecule has 31 heavy (non-hydrogen) atoms. The Morgan fingerprint density at radius 2 is 2.03 bits per heavy atom. The minimum Gasteiger partial charge on any atom is -0.493 e. The minimum atomic E-state index is -0.704. The van der Waals surface area contributed by atoms with Gasteiger partial charge in [0.15, 0.2) is 11.5 Å². The van der Waals surface area contributed by atoms with Crippen molar-refractivity contribution >= 4 is 11.6 Å². The predicted molar refractivity (Wildman–Crippen MR) is 115 cm³/mol. The third-order valence-electron chi connectivity index (χ3n) is 5.26. The van der Waals surface area contributed by atoms with Crippen molar-refractivity contribution in [2.45, 2.75) is 18.6 Å². The molecule has 0 radical (unpaired) electrons. The molecule has 160 valence electrons. The lowest BCUT2D eigenvalue weighted by molar-refractivity contribution is 0.00258. The second-order valence-electron chi connectivity index (χ2n) is 6.96. The van der Waals surface area contributed by atoms with E-state index in [9.17, 15) is 0 Å². The molecule has 2 aromatic carbocycles. The van der Waals surface area contributed by atoms with Crippen LogP contribution in [0, 0.1) is 5.82 Å². The van der Waals surface area contributed by atoms with E-state index in [0.717, 1.165) is 5.69 Å². The maximum Gasteiger partial charge on any atom is 0.166 e. The first kappa shape index (κ1) is 21.1. The molecule has 1 aromatic heterocycles. The van der Waals surface area contributed by atoms with E-state index in [1.807, 2.05) is 24.3 Å². The van der Waals surface area contributed by atoms with E-state index in [-0.39, 0.29) is 11.6 Å². The summed E-state index contributed by atoms with van der Waals surface area (Å²) in [6.45, 7) is 0.230. The monoisotopic (exact) mass is 442 g/mol. The number of ether oxygens (including phenoxy) is 3. The summed E-state index contributed by atoms with van der Waals surface area (Å²) in [4.78, 5) is 2.83. The molecule has 0 saturated heterocycles. The van der Waals surface area contributed by atoms with Crippen LogP contribution in [0.25, 0.3) is 16.1 Å². The van der Waals surface area contributed by atoms with Crippen LogP contribution in [-0.4, -0.2) is 25.3 Å². The average molecular weight is 443 g/mol. The molecule has 3 aromatic rings. The van der Waals surface area contributed by atoms with Gasteiger partial charge >= 0.3 is 0 Å². The van der Waals surface area contributed by atoms with Gasteiger partial charge in [0.05, 0.1) is 31.7 Å². The molecule has 0 bridgehead atoms. The van der Waals surface area contributed by atoms with E-state index >= 15 is 4.39 Å². The van der Waals surface area contributed by atoms with Gasteiger partial charge in [-0.3, -0.25) is 0 Å². The Labute approximate surface area is 183 Å². The van der Waals surface area contributed by atoms with Crippen LogP contribution in [0.1, 0.15) is 35.4 Å². The molecule has 0 aliphatic carbocycles. The fourth-order valence-corrected chi connectivity index (χ4v) is 4.22. The Kier molecular flexibility index (Phi) is 6.04. The number of benzene rings is 2. The maximum atomic E-state index is 15.2. The topological polar surface area (TPSA) is 81.4 Å². The molecular formula is C22H20ClFN4O3. The Bertz CT molecular complexity index is 1160. The van der Waals surface area contributed by atoms with E-state index in [1.165, 1.54) is 6.07 Å². The van der Waals surface area contributed by atoms with Gasteiger partial charge in [0.2, 0.25) is 0 Å². The van der Waals surface area contributed by atoms with E-state index in [1.54, 1.807) is 37.1 Å². The van der Waals surface area contributed by atoms with Gasteiger partial charge in [-0.15, -0.1) is 0 Å². The van der Waals surface area contributed by atoms with E-state index in [4.69, 9.17) is 31.3 Å². The van der Waals surface area contributed by atoms with Crippen LogP contribution < -0.4 is 9.47 Å². The number of aromatic nitrogens is 1. The summed E-state index contributed by atoms with van der Waals surface area (Å²) in [6.07, 6.45) is 1.02. The van der Waals surface area contributed by atoms with Crippen LogP contribution in [0.3, 0.4) is 0 Å². The zero-order valence-electron chi connectivity index (χ0n) is 17.0. The van der Waals surface area contributed by atoms with Crippen LogP contribution in [-0.2, 0) is 4.74 Å². The first-order valence-corrected chi connectivity index (χ1v) is 10.0. The number of hydrogen-bond acceptors (Lipinski definition) is 4. The fourth-order valence-electron chi connectivity index (χ4n) is 4.00. The summed E-state index contributed by atoms with van der Waals surface area (Å²) in [6, 6.07) is 12.1. The second-order valence-corrected chi connectivity index (χ2v) is 7.40. The first-order chi connectivity index (χ1) is 15.1. The number of hydrogen-bond donors (Lipinski definition) is 0. The normalized spacial score (nSPS) is 17.2. The molecular weight excluding hydrogens is 423 g/mol. The first-order valence-electron chi connectivity index (χ1n) is 9.62. The largest absolute Gasteiger partial charge is 0.493 e. The summed E-state index contributed by atoms with van der Waals surface area (Å²) in [5, 5.41) is 3.90. The van der Waals surface area contributed by atoms with E-state index < -0.39 is 18.0 Å². The van der Waals surface area contributed by atoms with Crippen molar-refractivity contribution in [1.29, 1.82) is 0 Å². The van der Waals surface area contributed by atoms with Crippen LogP contribution in [0.5, 0.6) is 11.5 Å². The molecule has 9 heteroatoms. The van der Waals surface area contributed by atoms with Crippen LogP contribution in [0.4, 0.5) is 4.39 Å². The molecule has 0 N–H and O–H groups in total. The number of methoxy groups -OCH3 is 2. The molecule has 0 saturated carbocycles. The Morgan fingerprint density at radius 3 is 2.77 bits per heavy atom. The Balaban J connectivity index is 1.96. The van der Waals surface area contributed by atoms with Crippen LogP contribution in [0.15, 0.2) is 53.8 Å². The van der Waals surface area contributed by atoms with Gasteiger partial charge in [-0.05, 0) is 42.3 Å². The predicted octanol–water partition coefficient (Wildman–Crippen LogP) is 6.15. The highest BCUT2D eigenvalue weighted by molar-refractivity contribution is 6.30. The van der Waals surface area contributed by atoms with E-state index in [2.05, 4.69) is 10.0 Å². The molecule has 1 aliphatic heterocycles. The molecule has 0 amide bonds. The summed E-state index contributed by atoms with van der Waals surface area (Å²) < 4.78 is 34.6. The number of para-hydroxylation sites is 1. The van der Waals surface area contributed by atoms with Crippen molar-refractivity contribution in [3.05, 3.63) is 86.8 Å². The van der Waals surface area contributed by atoms with Gasteiger partial charge in [-0.1, -0.05) is 28.8 Å². The highest BCUT2D eigenvalue weighted by Gasteiger charge is 2.34. The summed E-state index contributed by atoms with van der Waals surface area (Å²) in [5.41, 5.74) is 11.0. The number of halogens is 2. The zero-order valence-corrected chi connectivity index (χ0v) is 17.7. The molecule has 4 rings (SSSR count). The highest BCUT2D eigenvalue weighted by Crippen LogP contribution is 2.47. The molecule has 1 aliphatic rings. The zero-order chi connectivity index (χ0) is 22.0. The second kappa shape index (κ2) is 8.89. The number of fused-ring (bicyclic) bond motifs is 3. The fraction of sp³-hybridized carbons (Fsp3) is 0.273. The molecule has 2 atom stereocenters. The molecule has 0 fully saturated rings. The number of rotatable bonds is 6. The highest BCUT2D eigenvalue weighted by atomic mass is 35.5. The average Bonchev–Trinajstić information content (AvgIpc) is 3.19. The lowest BCUT2D eigenvalue weighted by Gasteiger charge is -2.25. The lowest BCUT2D eigenvalue weighted by atomic mass is 9.98. The van der Waals surface area contributed by atoms with Crippen molar-refractivity contribution in [3.8, 4) is 17.2 Å². The molecule has 0 spiro atoms. The molecule has 7 nitrogen and oxygen atoms in total. The molecule has 0 unspecified atom stereocenters. The summed E-state index contributed by atoms with van der Waals surface area (Å²) in [5.74, 6) is 0.551. The van der Waals surface area contributed by atoms with Crippen molar-refractivity contribution in [2.24, 2.45) is 5.11 Å². The minimum absolute atomic E-state index is 0.230. The Hall–Kier alpha value is -3.19. The van der Waals surface area contributed by atoms with Gasteiger partial charge in [0.25, 0.3) is 0 Å². The standard InChI is InChI=1S/C22H20ClFN4O3/c1-29-19-7-3-5-14(22(19)30-2)21-15-11-13(23)12-16(24)20(15)28-10-4-6-17(28)18(31-21)8-9-26-27-25/h3-7,10-12,18,21H,8-9H2,1-2H3/t18-,21-/m1/s1. The lowest BCUT2D eigenvalue weighted by Crippen LogP contribution is -2.13. The Morgan fingerprint density at radius 1 is 1.19 bits per heavy atom. The third-order valence-corrected chi connectivity index (χ3v) is 5.48. The maximum absolute atomic E-state index is 15.2. The number of azide groups is 1. The van der Waals surface area contributed by atoms with Crippen molar-refractivity contribution in [2.75, 3.05) is 20.8 Å². The van der Waals surface area contributed by atoms with Gasteiger partial charge in [0, 0.05) is 33.8 Å². The quantitative estimate of drug-likeness (QED) is 0.261. The van der Waals surface area contributed by atoms with Gasteiger partial charge in [-0.2, -0.15) is 0 Å². The van der Waals surface area contributed by atoms with Crippen molar-refractivity contribution in [1.82, 2.24) is 4.57 Å². The van der Waals surface area contributed by atoms with E-state index in [0.29, 0.717) is 34.7 Å².